The molecule has 1 N–H and O–H groups in total. The fourth-order valence-corrected chi connectivity index (χ4v) is 3.73. The highest BCUT2D eigenvalue weighted by molar-refractivity contribution is 6.06. The number of aromatic nitrogens is 4. The van der Waals surface area contributed by atoms with Gasteiger partial charge in [0.2, 0.25) is 5.91 Å². The van der Waals surface area contributed by atoms with E-state index < -0.39 is 0 Å². The van der Waals surface area contributed by atoms with Gasteiger partial charge in [-0.3, -0.25) is 9.59 Å². The van der Waals surface area contributed by atoms with Crippen molar-refractivity contribution in [2.24, 2.45) is 7.05 Å². The van der Waals surface area contributed by atoms with Crippen LogP contribution >= 0.6 is 0 Å². The van der Waals surface area contributed by atoms with E-state index in [2.05, 4.69) is 15.6 Å². The summed E-state index contributed by atoms with van der Waals surface area (Å²) in [7, 11) is 5.10. The van der Waals surface area contributed by atoms with Crippen LogP contribution in [0.4, 0.5) is 5.69 Å². The van der Waals surface area contributed by atoms with Crippen molar-refractivity contribution in [2.45, 2.75) is 19.9 Å². The number of nitrogens with zero attached hydrogens (tertiary/aromatic N) is 5. The summed E-state index contributed by atoms with van der Waals surface area (Å²) >= 11 is 0. The van der Waals surface area contributed by atoms with E-state index in [0.29, 0.717) is 34.8 Å². The van der Waals surface area contributed by atoms with Gasteiger partial charge < -0.3 is 19.5 Å². The number of hydrogen-bond donors (Lipinski definition) is 1. The summed E-state index contributed by atoms with van der Waals surface area (Å²) in [6.07, 6.45) is 0.192. The predicted octanol–water partition coefficient (Wildman–Crippen LogP) is 3.18. The van der Waals surface area contributed by atoms with Gasteiger partial charge in [-0.2, -0.15) is 0 Å². The number of carbonyl (C=O) groups excluding carboxylic acids is 2. The van der Waals surface area contributed by atoms with E-state index >= 15 is 0 Å². The molecular formula is C24H26N6O4. The Kier molecular flexibility index (Phi) is 6.69. The normalized spacial score (nSPS) is 11.1. The Balaban J connectivity index is 1.75. The van der Waals surface area contributed by atoms with Crippen LogP contribution in [0.25, 0.3) is 22.4 Å². The number of methoxy groups -OCH3 is 1. The van der Waals surface area contributed by atoms with E-state index in [-0.39, 0.29) is 24.8 Å². The molecule has 4 rings (SSSR count). The minimum atomic E-state index is -0.247. The lowest BCUT2D eigenvalue weighted by atomic mass is 10.1. The highest BCUT2D eigenvalue weighted by Gasteiger charge is 2.21. The number of rotatable bonds is 8. The van der Waals surface area contributed by atoms with Crippen molar-refractivity contribution in [3.63, 3.8) is 0 Å². The number of nitrogens with one attached hydrogen (secondary N) is 1. The van der Waals surface area contributed by atoms with Crippen LogP contribution in [0.1, 0.15) is 28.2 Å². The minimum absolute atomic E-state index is 0.192. The molecule has 0 aliphatic rings. The largest absolute Gasteiger partial charge is 0.384 e. The molecule has 2 amide bonds. The first-order chi connectivity index (χ1) is 16.4. The molecule has 10 heteroatoms. The molecule has 2 aromatic heterocycles. The first-order valence-electron chi connectivity index (χ1n) is 10.8. The van der Waals surface area contributed by atoms with Crippen LogP contribution in [0, 0.1) is 6.92 Å². The maximum Gasteiger partial charge on any atom is 0.254 e. The fourth-order valence-electron chi connectivity index (χ4n) is 3.73. The summed E-state index contributed by atoms with van der Waals surface area (Å²) in [6.45, 7) is 2.30. The molecule has 0 unspecified atom stereocenters. The molecular weight excluding hydrogens is 436 g/mol. The van der Waals surface area contributed by atoms with Gasteiger partial charge in [0.15, 0.2) is 0 Å². The highest BCUT2D eigenvalue weighted by Crippen LogP contribution is 2.31. The average Bonchev–Trinajstić information content (AvgIpc) is 3.40. The summed E-state index contributed by atoms with van der Waals surface area (Å²) in [5.41, 5.74) is 4.35. The van der Waals surface area contributed by atoms with Gasteiger partial charge in [0, 0.05) is 32.3 Å². The molecule has 176 valence electrons. The van der Waals surface area contributed by atoms with Crippen LogP contribution in [0.2, 0.25) is 0 Å². The van der Waals surface area contributed by atoms with Crippen LogP contribution in [-0.2, 0) is 23.1 Å². The molecule has 0 bridgehead atoms. The molecule has 0 saturated heterocycles. The molecule has 0 aliphatic carbocycles. The number of benzene rings is 2. The van der Waals surface area contributed by atoms with Gasteiger partial charge in [0.05, 0.1) is 36.3 Å². The second-order valence-corrected chi connectivity index (χ2v) is 8.00. The Morgan fingerprint density at radius 3 is 2.62 bits per heavy atom. The maximum absolute atomic E-state index is 13.3. The van der Waals surface area contributed by atoms with Crippen molar-refractivity contribution in [1.29, 1.82) is 0 Å². The first-order valence-corrected chi connectivity index (χ1v) is 10.8. The number of aryl methyl sites for hydroxylation is 2. The number of ether oxygens (including phenoxy) is 1. The van der Waals surface area contributed by atoms with Gasteiger partial charge in [0.1, 0.15) is 17.2 Å². The summed E-state index contributed by atoms with van der Waals surface area (Å²) in [5.74, 6) is 0.265. The lowest BCUT2D eigenvalue weighted by Gasteiger charge is -2.17. The molecule has 0 aliphatic heterocycles. The van der Waals surface area contributed by atoms with Crippen LogP contribution in [0.5, 0.6) is 0 Å². The van der Waals surface area contributed by atoms with Crippen molar-refractivity contribution in [1.82, 2.24) is 24.8 Å². The molecule has 0 spiro atoms. The Hall–Kier alpha value is -4.05. The molecule has 0 fully saturated rings. The third-order valence-electron chi connectivity index (χ3n) is 5.54. The van der Waals surface area contributed by atoms with Gasteiger partial charge in [-0.1, -0.05) is 40.6 Å². The van der Waals surface area contributed by atoms with Crippen LogP contribution in [0.15, 0.2) is 47.1 Å². The smallest absolute Gasteiger partial charge is 0.254 e. The highest BCUT2D eigenvalue weighted by atomic mass is 16.6. The molecule has 0 atom stereocenters. The molecule has 2 aromatic carbocycles. The summed E-state index contributed by atoms with van der Waals surface area (Å²) in [4.78, 5) is 32.1. The summed E-state index contributed by atoms with van der Waals surface area (Å²) in [5, 5.41) is 10.5. The van der Waals surface area contributed by atoms with E-state index in [0.717, 1.165) is 16.9 Å². The minimum Gasteiger partial charge on any atom is -0.384 e. The Morgan fingerprint density at radius 2 is 1.94 bits per heavy atom. The lowest BCUT2D eigenvalue weighted by Crippen LogP contribution is -2.27. The zero-order valence-corrected chi connectivity index (χ0v) is 19.5. The molecule has 10 nitrogen and oxygen atoms in total. The number of anilines is 1. The van der Waals surface area contributed by atoms with Crippen molar-refractivity contribution in [3.05, 3.63) is 59.4 Å². The van der Waals surface area contributed by atoms with Gasteiger partial charge in [-0.05, 0) is 19.1 Å². The molecule has 2 heterocycles. The Morgan fingerprint density at radius 1 is 1.18 bits per heavy atom. The van der Waals surface area contributed by atoms with Crippen LogP contribution in [-0.4, -0.2) is 57.3 Å². The van der Waals surface area contributed by atoms with Gasteiger partial charge in [0.25, 0.3) is 5.91 Å². The van der Waals surface area contributed by atoms with Gasteiger partial charge in [-0.25, -0.2) is 9.61 Å². The quantitative estimate of drug-likeness (QED) is 0.428. The Bertz CT molecular complexity index is 1330. The van der Waals surface area contributed by atoms with E-state index in [1.807, 2.05) is 41.9 Å². The zero-order valence-electron chi connectivity index (χ0n) is 19.5. The van der Waals surface area contributed by atoms with Crippen molar-refractivity contribution >= 4 is 28.5 Å². The summed E-state index contributed by atoms with van der Waals surface area (Å²) in [6, 6.07) is 13.2. The third kappa shape index (κ3) is 4.67. The second kappa shape index (κ2) is 9.84. The number of fused-ring (bicyclic) bond motifs is 1. The lowest BCUT2D eigenvalue weighted by molar-refractivity contribution is -0.117. The number of amides is 2. The first kappa shape index (κ1) is 23.1. The van der Waals surface area contributed by atoms with E-state index in [1.165, 1.54) is 4.90 Å². The van der Waals surface area contributed by atoms with Crippen molar-refractivity contribution in [3.8, 4) is 11.4 Å². The maximum atomic E-state index is 13.3. The molecule has 34 heavy (non-hydrogen) atoms. The van der Waals surface area contributed by atoms with E-state index in [9.17, 15) is 9.59 Å². The van der Waals surface area contributed by atoms with Crippen LogP contribution < -0.4 is 5.32 Å². The molecule has 0 radical (unpaired) electrons. The van der Waals surface area contributed by atoms with E-state index in [1.54, 1.807) is 33.2 Å². The SMILES string of the molecule is COCCC(=O)Nc1cc(C(=O)N(C)Cc2nonc2C)cc2nc(-c3ccccc3)n(C)c12. The molecule has 4 aromatic rings. The number of hydrogen-bond acceptors (Lipinski definition) is 7. The number of carbonyl (C=O) groups is 2. The topological polar surface area (TPSA) is 115 Å². The van der Waals surface area contributed by atoms with Gasteiger partial charge >= 0.3 is 0 Å². The standard InChI is InChI=1S/C24H26N6O4/c1-15-20(28-34-27-15)14-29(2)24(32)17-12-18(25-21(31)10-11-33-4)22-19(13-17)26-23(30(22)3)16-8-6-5-7-9-16/h5-9,12-13H,10-11,14H2,1-4H3,(H,25,31). The van der Waals surface area contributed by atoms with Crippen molar-refractivity contribution in [2.75, 3.05) is 26.1 Å². The Labute approximate surface area is 196 Å². The zero-order chi connectivity index (χ0) is 24.2. The molecule has 0 saturated carbocycles. The summed E-state index contributed by atoms with van der Waals surface area (Å²) < 4.78 is 11.7. The van der Waals surface area contributed by atoms with Crippen LogP contribution in [0.3, 0.4) is 0 Å². The van der Waals surface area contributed by atoms with Crippen molar-refractivity contribution < 1.29 is 19.0 Å². The number of imidazole rings is 1. The predicted molar refractivity (Wildman–Crippen MR) is 126 cm³/mol. The third-order valence-corrected chi connectivity index (χ3v) is 5.54. The van der Waals surface area contributed by atoms with Gasteiger partial charge in [-0.15, -0.1) is 0 Å². The monoisotopic (exact) mass is 462 g/mol. The second-order valence-electron chi connectivity index (χ2n) is 8.00. The average molecular weight is 463 g/mol. The fraction of sp³-hybridized carbons (Fsp3) is 0.292. The van der Waals surface area contributed by atoms with E-state index in [4.69, 9.17) is 14.3 Å².